The van der Waals surface area contributed by atoms with Crippen molar-refractivity contribution in [3.8, 4) is 11.4 Å². The molecule has 6 rings (SSSR count). The number of hydrogen-bond acceptors (Lipinski definition) is 4. The van der Waals surface area contributed by atoms with Crippen molar-refractivity contribution in [3.05, 3.63) is 89.1 Å². The Kier molecular flexibility index (Phi) is 6.88. The number of imidazole rings is 1. The van der Waals surface area contributed by atoms with Crippen molar-refractivity contribution in [2.24, 2.45) is 0 Å². The molecule has 3 aromatic carbocycles. The normalized spacial score (nSPS) is 14.5. The highest BCUT2D eigenvalue weighted by Gasteiger charge is 2.37. The van der Waals surface area contributed by atoms with Gasteiger partial charge in [-0.3, -0.25) is 0 Å². The Morgan fingerprint density at radius 3 is 2.60 bits per heavy atom. The molecule has 0 fully saturated rings. The fourth-order valence-corrected chi connectivity index (χ4v) is 5.85. The number of carbonyl (C=O) groups is 1. The van der Waals surface area contributed by atoms with Gasteiger partial charge in [-0.05, 0) is 60.9 Å². The number of ether oxygens (including phenoxy) is 2. The van der Waals surface area contributed by atoms with Crippen LogP contribution in [0.1, 0.15) is 40.5 Å². The number of benzene rings is 3. The van der Waals surface area contributed by atoms with Crippen LogP contribution in [0.15, 0.2) is 66.7 Å². The van der Waals surface area contributed by atoms with E-state index in [2.05, 4.69) is 9.13 Å². The first kappa shape index (κ1) is 26.2. The van der Waals surface area contributed by atoms with E-state index in [1.54, 1.807) is 12.1 Å². The number of esters is 1. The molecular weight excluding hydrogens is 512 g/mol. The van der Waals surface area contributed by atoms with Gasteiger partial charge >= 0.3 is 5.97 Å². The van der Waals surface area contributed by atoms with Crippen LogP contribution in [0.4, 0.5) is 8.78 Å². The molecule has 40 heavy (non-hydrogen) atoms. The van der Waals surface area contributed by atoms with Gasteiger partial charge in [-0.2, -0.15) is 0 Å². The van der Waals surface area contributed by atoms with E-state index in [-0.39, 0.29) is 12.8 Å². The van der Waals surface area contributed by atoms with Crippen molar-refractivity contribution in [1.82, 2.24) is 14.1 Å². The summed E-state index contributed by atoms with van der Waals surface area (Å²) < 4.78 is 44.1. The van der Waals surface area contributed by atoms with Crippen molar-refractivity contribution >= 4 is 27.9 Å². The quantitative estimate of drug-likeness (QED) is 0.159. The summed E-state index contributed by atoms with van der Waals surface area (Å²) >= 11 is 0. The summed E-state index contributed by atoms with van der Waals surface area (Å²) in [6.45, 7) is 4.24. The van der Waals surface area contributed by atoms with Gasteiger partial charge in [-0.15, -0.1) is 0 Å². The number of methoxy groups -OCH3 is 1. The largest absolute Gasteiger partial charge is 0.465 e. The van der Waals surface area contributed by atoms with Gasteiger partial charge in [0.1, 0.15) is 5.82 Å². The number of fused-ring (bicyclic) bond motifs is 4. The smallest absolute Gasteiger partial charge is 0.337 e. The van der Waals surface area contributed by atoms with Crippen LogP contribution >= 0.6 is 0 Å². The van der Waals surface area contributed by atoms with E-state index in [4.69, 9.17) is 14.5 Å². The summed E-state index contributed by atoms with van der Waals surface area (Å²) in [6.07, 6.45) is -0.000239. The minimum absolute atomic E-state index is 0.121. The molecule has 0 saturated carbocycles. The number of aromatic nitrogens is 3. The zero-order valence-corrected chi connectivity index (χ0v) is 22.6. The number of hydrogen-bond donors (Lipinski definition) is 0. The molecule has 0 spiro atoms. The number of alkyl halides is 2. The summed E-state index contributed by atoms with van der Waals surface area (Å²) in [6, 6.07) is 21.3. The third kappa shape index (κ3) is 4.77. The van der Waals surface area contributed by atoms with Crippen LogP contribution in [0, 0.1) is 0 Å². The highest BCUT2D eigenvalue weighted by Crippen LogP contribution is 2.40. The monoisotopic (exact) mass is 543 g/mol. The van der Waals surface area contributed by atoms with Gasteiger partial charge in [-0.1, -0.05) is 30.3 Å². The number of aryl methyl sites for hydroxylation is 1. The van der Waals surface area contributed by atoms with Gasteiger partial charge in [0.2, 0.25) is 0 Å². The lowest BCUT2D eigenvalue weighted by molar-refractivity contribution is -0.0125. The predicted molar refractivity (Wildman–Crippen MR) is 151 cm³/mol. The first-order chi connectivity index (χ1) is 19.4. The molecule has 0 bridgehead atoms. The van der Waals surface area contributed by atoms with E-state index in [1.165, 1.54) is 7.11 Å². The molecule has 0 N–H and O–H groups in total. The Morgan fingerprint density at radius 2 is 1.82 bits per heavy atom. The maximum atomic E-state index is 14.5. The third-order valence-electron chi connectivity index (χ3n) is 7.76. The fraction of sp³-hybridized carbons (Fsp3) is 0.312. The molecule has 8 heteroatoms. The SMILES string of the molecule is CCn1c2c(c3cc(-c4nc5cc(C(=O)OC)ccc5n4CCOCc4ccccc4)ccc31)CC(F)(F)CC2. The summed E-state index contributed by atoms with van der Waals surface area (Å²) in [7, 11) is 1.35. The van der Waals surface area contributed by atoms with Gasteiger partial charge in [0.05, 0.1) is 36.9 Å². The second kappa shape index (κ2) is 10.5. The highest BCUT2D eigenvalue weighted by molar-refractivity contribution is 5.95. The first-order valence-electron chi connectivity index (χ1n) is 13.6. The van der Waals surface area contributed by atoms with Crippen LogP contribution < -0.4 is 0 Å². The van der Waals surface area contributed by atoms with E-state index >= 15 is 0 Å². The Morgan fingerprint density at radius 1 is 1.02 bits per heavy atom. The maximum Gasteiger partial charge on any atom is 0.337 e. The summed E-state index contributed by atoms with van der Waals surface area (Å²) in [5, 5.41) is 0.850. The van der Waals surface area contributed by atoms with Crippen molar-refractivity contribution in [3.63, 3.8) is 0 Å². The zero-order valence-electron chi connectivity index (χ0n) is 22.6. The van der Waals surface area contributed by atoms with Gasteiger partial charge in [-0.25, -0.2) is 18.6 Å². The van der Waals surface area contributed by atoms with Crippen LogP contribution in [0.25, 0.3) is 33.3 Å². The molecule has 0 aliphatic heterocycles. The second-order valence-corrected chi connectivity index (χ2v) is 10.3. The van der Waals surface area contributed by atoms with Gasteiger partial charge in [0.15, 0.2) is 0 Å². The molecule has 0 radical (unpaired) electrons. The highest BCUT2D eigenvalue weighted by atomic mass is 19.3. The number of nitrogens with zero attached hydrogens (tertiary/aromatic N) is 3. The molecule has 206 valence electrons. The van der Waals surface area contributed by atoms with Gasteiger partial charge in [0, 0.05) is 48.1 Å². The molecule has 0 amide bonds. The molecule has 5 aromatic rings. The molecule has 0 saturated heterocycles. The zero-order chi connectivity index (χ0) is 27.9. The average molecular weight is 544 g/mol. The molecule has 2 aromatic heterocycles. The first-order valence-corrected chi connectivity index (χ1v) is 13.6. The minimum atomic E-state index is -2.70. The molecule has 6 nitrogen and oxygen atoms in total. The van der Waals surface area contributed by atoms with Crippen LogP contribution in [-0.4, -0.2) is 39.7 Å². The van der Waals surface area contributed by atoms with Crippen molar-refractivity contribution < 1.29 is 23.0 Å². The molecule has 0 unspecified atom stereocenters. The Hall–Kier alpha value is -4.04. The van der Waals surface area contributed by atoms with E-state index in [1.807, 2.05) is 61.5 Å². The Balaban J connectivity index is 1.41. The molecular formula is C32H31F2N3O3. The summed E-state index contributed by atoms with van der Waals surface area (Å²) in [4.78, 5) is 17.1. The average Bonchev–Trinajstić information content (AvgIpc) is 3.48. The summed E-state index contributed by atoms with van der Waals surface area (Å²) in [5.74, 6) is -2.44. The topological polar surface area (TPSA) is 58.3 Å². The molecule has 0 atom stereocenters. The standard InChI is InChI=1S/C32H31F2N3O3/c1-3-36-27-11-9-22(17-24(27)25-19-32(33,34)14-13-28(25)36)30-35-26-18-23(31(38)39-2)10-12-29(26)37(30)15-16-40-20-21-7-5-4-6-8-21/h4-12,17-18H,3,13-16,19-20H2,1-2H3. The maximum absolute atomic E-state index is 14.5. The van der Waals surface area contributed by atoms with Crippen LogP contribution in [-0.2, 0) is 42.0 Å². The number of halogens is 2. The van der Waals surface area contributed by atoms with Crippen LogP contribution in [0.3, 0.4) is 0 Å². The Labute approximate surface area is 231 Å². The molecule has 2 heterocycles. The van der Waals surface area contributed by atoms with Crippen LogP contribution in [0.5, 0.6) is 0 Å². The van der Waals surface area contributed by atoms with Gasteiger partial charge in [0.25, 0.3) is 5.92 Å². The molecule has 1 aliphatic carbocycles. The van der Waals surface area contributed by atoms with Crippen molar-refractivity contribution in [1.29, 1.82) is 0 Å². The van der Waals surface area contributed by atoms with Crippen molar-refractivity contribution in [2.45, 2.75) is 51.8 Å². The lowest BCUT2D eigenvalue weighted by Gasteiger charge is -2.23. The second-order valence-electron chi connectivity index (χ2n) is 10.3. The number of carbonyl (C=O) groups excluding carboxylic acids is 1. The minimum Gasteiger partial charge on any atom is -0.465 e. The van der Waals surface area contributed by atoms with Crippen LogP contribution in [0.2, 0.25) is 0 Å². The fourth-order valence-electron chi connectivity index (χ4n) is 5.85. The third-order valence-corrected chi connectivity index (χ3v) is 7.76. The predicted octanol–water partition coefficient (Wildman–Crippen LogP) is 6.81. The number of rotatable bonds is 8. The summed E-state index contributed by atoms with van der Waals surface area (Å²) in [5.41, 5.74) is 6.55. The Bertz CT molecular complexity index is 1710. The van der Waals surface area contributed by atoms with E-state index in [0.717, 1.165) is 45.3 Å². The lowest BCUT2D eigenvalue weighted by Crippen LogP contribution is -2.26. The van der Waals surface area contributed by atoms with Gasteiger partial charge < -0.3 is 18.6 Å². The van der Waals surface area contributed by atoms with E-state index in [0.29, 0.717) is 43.1 Å². The lowest BCUT2D eigenvalue weighted by atomic mass is 9.92. The van der Waals surface area contributed by atoms with E-state index < -0.39 is 11.9 Å². The van der Waals surface area contributed by atoms with E-state index in [9.17, 15) is 13.6 Å². The van der Waals surface area contributed by atoms with Crippen molar-refractivity contribution in [2.75, 3.05) is 13.7 Å². The molecule has 1 aliphatic rings.